The topological polar surface area (TPSA) is 47.0 Å². The molecular weight excluding hydrogens is 297 g/mol. The molecule has 0 fully saturated rings. The molecule has 2 rings (SSSR count). The SMILES string of the molecule is CNc1cc(Oc2ccc(F)cc2F)nc(C(F)(F)F)n1. The standard InChI is InChI=1S/C12H8F5N3O/c1-18-9-5-10(20-11(19-9)12(15,16)17)21-8-3-2-6(13)4-7(8)14/h2-5H,1H3,(H,18,19,20). The zero-order valence-electron chi connectivity index (χ0n) is 10.5. The molecule has 1 heterocycles. The van der Waals surface area contributed by atoms with Gasteiger partial charge in [-0.3, -0.25) is 0 Å². The van der Waals surface area contributed by atoms with Gasteiger partial charge in [0.05, 0.1) is 0 Å². The maximum absolute atomic E-state index is 13.4. The lowest BCUT2D eigenvalue weighted by Gasteiger charge is -2.11. The minimum absolute atomic E-state index is 0.158. The molecule has 0 bridgehead atoms. The normalized spacial score (nSPS) is 11.3. The number of rotatable bonds is 3. The molecule has 2 aromatic rings. The number of alkyl halides is 3. The molecule has 0 amide bonds. The quantitative estimate of drug-likeness (QED) is 0.880. The minimum atomic E-state index is -4.79. The van der Waals surface area contributed by atoms with Crippen LogP contribution in [0.4, 0.5) is 27.8 Å². The number of halogens is 5. The second-order valence-electron chi connectivity index (χ2n) is 3.84. The van der Waals surface area contributed by atoms with Crippen molar-refractivity contribution in [1.29, 1.82) is 0 Å². The van der Waals surface area contributed by atoms with E-state index < -0.39 is 35.3 Å². The van der Waals surface area contributed by atoms with Gasteiger partial charge < -0.3 is 10.1 Å². The first-order valence-electron chi connectivity index (χ1n) is 5.56. The molecule has 4 nitrogen and oxygen atoms in total. The number of anilines is 1. The third kappa shape index (κ3) is 3.56. The molecule has 1 N–H and O–H groups in total. The van der Waals surface area contributed by atoms with Gasteiger partial charge in [-0.05, 0) is 12.1 Å². The molecule has 0 aliphatic rings. The second kappa shape index (κ2) is 5.51. The van der Waals surface area contributed by atoms with Gasteiger partial charge in [-0.2, -0.15) is 18.2 Å². The zero-order valence-corrected chi connectivity index (χ0v) is 10.5. The van der Waals surface area contributed by atoms with Gasteiger partial charge in [0.1, 0.15) is 11.6 Å². The number of nitrogens with one attached hydrogen (secondary N) is 1. The predicted octanol–water partition coefficient (Wildman–Crippen LogP) is 3.61. The fourth-order valence-electron chi connectivity index (χ4n) is 1.40. The first-order chi connectivity index (χ1) is 9.79. The Bertz CT molecular complexity index is 660. The van der Waals surface area contributed by atoms with E-state index in [0.717, 1.165) is 18.2 Å². The first kappa shape index (κ1) is 14.9. The van der Waals surface area contributed by atoms with E-state index in [1.54, 1.807) is 0 Å². The van der Waals surface area contributed by atoms with Gasteiger partial charge in [0.15, 0.2) is 11.6 Å². The number of hydrogen-bond donors (Lipinski definition) is 1. The Kier molecular flexibility index (Phi) is 3.92. The monoisotopic (exact) mass is 305 g/mol. The molecule has 0 saturated carbocycles. The summed E-state index contributed by atoms with van der Waals surface area (Å²) in [6.07, 6.45) is -4.79. The molecule has 21 heavy (non-hydrogen) atoms. The molecule has 1 aromatic heterocycles. The lowest BCUT2D eigenvalue weighted by atomic mass is 10.3. The summed E-state index contributed by atoms with van der Waals surface area (Å²) in [7, 11) is 1.35. The third-order valence-corrected chi connectivity index (χ3v) is 2.32. The van der Waals surface area contributed by atoms with Crippen LogP contribution in [0, 0.1) is 11.6 Å². The van der Waals surface area contributed by atoms with Crippen molar-refractivity contribution in [2.45, 2.75) is 6.18 Å². The van der Waals surface area contributed by atoms with Gasteiger partial charge >= 0.3 is 6.18 Å². The Labute approximate surface area is 115 Å². The Morgan fingerprint density at radius 1 is 1.10 bits per heavy atom. The predicted molar refractivity (Wildman–Crippen MR) is 63.0 cm³/mol. The molecule has 9 heteroatoms. The number of benzene rings is 1. The van der Waals surface area contributed by atoms with Crippen LogP contribution in [0.3, 0.4) is 0 Å². The van der Waals surface area contributed by atoms with Gasteiger partial charge in [0.2, 0.25) is 11.7 Å². The maximum Gasteiger partial charge on any atom is 0.451 e. The average Bonchev–Trinajstić information content (AvgIpc) is 2.40. The highest BCUT2D eigenvalue weighted by atomic mass is 19.4. The van der Waals surface area contributed by atoms with Crippen molar-refractivity contribution in [2.75, 3.05) is 12.4 Å². The third-order valence-electron chi connectivity index (χ3n) is 2.32. The zero-order chi connectivity index (χ0) is 15.6. The van der Waals surface area contributed by atoms with Gasteiger partial charge in [-0.25, -0.2) is 13.8 Å². The molecule has 0 aliphatic carbocycles. The number of aromatic nitrogens is 2. The Hall–Kier alpha value is -2.45. The molecule has 0 unspecified atom stereocenters. The van der Waals surface area contributed by atoms with E-state index in [1.807, 2.05) is 0 Å². The van der Waals surface area contributed by atoms with Crippen molar-refractivity contribution >= 4 is 5.82 Å². The fraction of sp³-hybridized carbons (Fsp3) is 0.167. The Morgan fingerprint density at radius 3 is 2.38 bits per heavy atom. The number of nitrogens with zero attached hydrogens (tertiary/aromatic N) is 2. The summed E-state index contributed by atoms with van der Waals surface area (Å²) in [6, 6.07) is 3.44. The van der Waals surface area contributed by atoms with Gasteiger partial charge in [-0.1, -0.05) is 0 Å². The summed E-state index contributed by atoms with van der Waals surface area (Å²) in [5.74, 6) is -4.47. The largest absolute Gasteiger partial charge is 0.451 e. The highest BCUT2D eigenvalue weighted by Gasteiger charge is 2.35. The minimum Gasteiger partial charge on any atom is -0.436 e. The highest BCUT2D eigenvalue weighted by molar-refractivity contribution is 5.40. The lowest BCUT2D eigenvalue weighted by Crippen LogP contribution is -2.13. The van der Waals surface area contributed by atoms with Crippen LogP contribution in [0.1, 0.15) is 5.82 Å². The van der Waals surface area contributed by atoms with Crippen LogP contribution in [0.25, 0.3) is 0 Å². The van der Waals surface area contributed by atoms with Crippen molar-refractivity contribution < 1.29 is 26.7 Å². The van der Waals surface area contributed by atoms with E-state index in [1.165, 1.54) is 7.05 Å². The van der Waals surface area contributed by atoms with Gasteiger partial charge in [-0.15, -0.1) is 0 Å². The highest BCUT2D eigenvalue weighted by Crippen LogP contribution is 2.31. The maximum atomic E-state index is 13.4. The van der Waals surface area contributed by atoms with Crippen LogP contribution in [-0.4, -0.2) is 17.0 Å². The van der Waals surface area contributed by atoms with E-state index in [4.69, 9.17) is 4.74 Å². The lowest BCUT2D eigenvalue weighted by molar-refractivity contribution is -0.145. The van der Waals surface area contributed by atoms with E-state index in [9.17, 15) is 22.0 Å². The van der Waals surface area contributed by atoms with Crippen LogP contribution in [-0.2, 0) is 6.18 Å². The molecule has 0 aliphatic heterocycles. The van der Waals surface area contributed by atoms with Crippen LogP contribution in [0.15, 0.2) is 24.3 Å². The summed E-state index contributed by atoms with van der Waals surface area (Å²) in [5, 5.41) is 2.40. The fourth-order valence-corrected chi connectivity index (χ4v) is 1.40. The van der Waals surface area contributed by atoms with Crippen LogP contribution in [0.2, 0.25) is 0 Å². The van der Waals surface area contributed by atoms with E-state index >= 15 is 0 Å². The van der Waals surface area contributed by atoms with Crippen molar-refractivity contribution in [3.8, 4) is 11.6 Å². The molecule has 0 spiro atoms. The van der Waals surface area contributed by atoms with Crippen molar-refractivity contribution in [1.82, 2.24) is 9.97 Å². The molecular formula is C12H8F5N3O. The molecule has 1 aromatic carbocycles. The molecule has 0 radical (unpaired) electrons. The first-order valence-corrected chi connectivity index (χ1v) is 5.56. The summed E-state index contributed by atoms with van der Waals surface area (Å²) in [5.41, 5.74) is 0. The van der Waals surface area contributed by atoms with E-state index in [-0.39, 0.29) is 5.82 Å². The molecule has 0 saturated heterocycles. The van der Waals surface area contributed by atoms with Gasteiger partial charge in [0.25, 0.3) is 0 Å². The average molecular weight is 305 g/mol. The summed E-state index contributed by atoms with van der Waals surface area (Å²) in [4.78, 5) is 6.37. The van der Waals surface area contributed by atoms with Crippen LogP contribution < -0.4 is 10.1 Å². The smallest absolute Gasteiger partial charge is 0.436 e. The van der Waals surface area contributed by atoms with Gasteiger partial charge in [0, 0.05) is 19.2 Å². The Morgan fingerprint density at radius 2 is 1.81 bits per heavy atom. The summed E-state index contributed by atoms with van der Waals surface area (Å²) >= 11 is 0. The van der Waals surface area contributed by atoms with E-state index in [2.05, 4.69) is 15.3 Å². The van der Waals surface area contributed by atoms with Crippen LogP contribution >= 0.6 is 0 Å². The van der Waals surface area contributed by atoms with Crippen molar-refractivity contribution in [3.63, 3.8) is 0 Å². The summed E-state index contributed by atoms with van der Waals surface area (Å²) < 4.78 is 68.9. The van der Waals surface area contributed by atoms with Crippen LogP contribution in [0.5, 0.6) is 11.6 Å². The Balaban J connectivity index is 2.39. The van der Waals surface area contributed by atoms with Crippen molar-refractivity contribution in [2.24, 2.45) is 0 Å². The molecule has 112 valence electrons. The second-order valence-corrected chi connectivity index (χ2v) is 3.84. The van der Waals surface area contributed by atoms with Crippen molar-refractivity contribution in [3.05, 3.63) is 41.7 Å². The number of ether oxygens (including phenoxy) is 1. The molecule has 0 atom stereocenters. The van der Waals surface area contributed by atoms with E-state index in [0.29, 0.717) is 6.07 Å². The number of hydrogen-bond acceptors (Lipinski definition) is 4. The summed E-state index contributed by atoms with van der Waals surface area (Å²) in [6.45, 7) is 0.